The molecule has 3 aromatic heterocycles. The molecular weight excluding hydrogens is 343 g/mol. The van der Waals surface area contributed by atoms with Crippen molar-refractivity contribution < 1.29 is 4.39 Å². The summed E-state index contributed by atoms with van der Waals surface area (Å²) in [7, 11) is 0. The minimum atomic E-state index is -0.745. The lowest BCUT2D eigenvalue weighted by Crippen LogP contribution is -2.21. The van der Waals surface area contributed by atoms with E-state index in [4.69, 9.17) is 10.1 Å². The molecule has 1 saturated heterocycles. The van der Waals surface area contributed by atoms with Crippen LogP contribution in [0.2, 0.25) is 0 Å². The number of fused-ring (bicyclic) bond motifs is 1. The Balaban J connectivity index is 1.37. The summed E-state index contributed by atoms with van der Waals surface area (Å²) in [5.41, 5.74) is 5.18. The van der Waals surface area contributed by atoms with Gasteiger partial charge < -0.3 is 9.80 Å². The number of rotatable bonds is 3. The van der Waals surface area contributed by atoms with Gasteiger partial charge in [0, 0.05) is 24.0 Å². The molecule has 0 aromatic carbocycles. The second kappa shape index (κ2) is 6.33. The maximum Gasteiger partial charge on any atom is 0.128 e. The van der Waals surface area contributed by atoms with Gasteiger partial charge in [-0.2, -0.15) is 5.10 Å². The van der Waals surface area contributed by atoms with E-state index in [1.54, 1.807) is 6.20 Å². The smallest absolute Gasteiger partial charge is 0.128 e. The standard InChI is InChI=1S/C20H21FN6/c1-14-18(4-5-20(23-14)25-8-6-15(21)11-25)19-9-17-12-26(13-27(17)24-19)16-3-2-7-22-10-16/h2-5,7,9-10,15H,6,8,11-13H2,1H3/t15-/m0/s1. The maximum atomic E-state index is 13.5. The number of halogens is 1. The largest absolute Gasteiger partial charge is 0.354 e. The SMILES string of the molecule is Cc1nc(N2CC[C@H](F)C2)ccc1-c1cc2n(n1)CN(c1cccnc1)C2. The summed E-state index contributed by atoms with van der Waals surface area (Å²) in [5.74, 6) is 0.853. The summed E-state index contributed by atoms with van der Waals surface area (Å²) in [6.45, 7) is 4.70. The van der Waals surface area contributed by atoms with Crippen LogP contribution in [0, 0.1) is 6.92 Å². The molecule has 5 heterocycles. The Labute approximate surface area is 157 Å². The number of nitrogens with zero attached hydrogens (tertiary/aromatic N) is 6. The third-order valence-corrected chi connectivity index (χ3v) is 5.33. The van der Waals surface area contributed by atoms with Gasteiger partial charge in [0.05, 0.1) is 36.4 Å². The molecule has 2 aliphatic heterocycles. The van der Waals surface area contributed by atoms with E-state index in [0.717, 1.165) is 48.2 Å². The molecule has 7 heteroatoms. The Morgan fingerprint density at radius 3 is 2.81 bits per heavy atom. The van der Waals surface area contributed by atoms with Gasteiger partial charge >= 0.3 is 0 Å². The van der Waals surface area contributed by atoms with Crippen molar-refractivity contribution >= 4 is 11.5 Å². The molecule has 27 heavy (non-hydrogen) atoms. The molecule has 0 N–H and O–H groups in total. The molecule has 2 aliphatic rings. The van der Waals surface area contributed by atoms with E-state index < -0.39 is 6.17 Å². The van der Waals surface area contributed by atoms with E-state index >= 15 is 0 Å². The highest BCUT2D eigenvalue weighted by molar-refractivity contribution is 5.65. The van der Waals surface area contributed by atoms with Crippen molar-refractivity contribution in [1.29, 1.82) is 0 Å². The van der Waals surface area contributed by atoms with Crippen molar-refractivity contribution in [1.82, 2.24) is 19.7 Å². The molecule has 138 valence electrons. The Morgan fingerprint density at radius 1 is 1.19 bits per heavy atom. The van der Waals surface area contributed by atoms with Gasteiger partial charge in [0.1, 0.15) is 18.7 Å². The van der Waals surface area contributed by atoms with E-state index in [9.17, 15) is 4.39 Å². The zero-order valence-corrected chi connectivity index (χ0v) is 15.2. The number of aryl methyl sites for hydroxylation is 1. The molecule has 0 amide bonds. The highest BCUT2D eigenvalue weighted by Crippen LogP contribution is 2.30. The lowest BCUT2D eigenvalue weighted by atomic mass is 10.1. The lowest BCUT2D eigenvalue weighted by Gasteiger charge is -2.18. The van der Waals surface area contributed by atoms with E-state index in [1.807, 2.05) is 34.8 Å². The van der Waals surface area contributed by atoms with Crippen LogP contribution < -0.4 is 9.80 Å². The van der Waals surface area contributed by atoms with Crippen LogP contribution in [0.5, 0.6) is 0 Å². The van der Waals surface area contributed by atoms with Gasteiger partial charge in [-0.15, -0.1) is 0 Å². The minimum Gasteiger partial charge on any atom is -0.354 e. The van der Waals surface area contributed by atoms with Gasteiger partial charge in [-0.3, -0.25) is 4.98 Å². The zero-order valence-electron chi connectivity index (χ0n) is 15.2. The van der Waals surface area contributed by atoms with E-state index in [2.05, 4.69) is 28.1 Å². The molecule has 6 nitrogen and oxygen atoms in total. The third kappa shape index (κ3) is 2.93. The average molecular weight is 364 g/mol. The Bertz CT molecular complexity index is 946. The first-order valence-electron chi connectivity index (χ1n) is 9.26. The highest BCUT2D eigenvalue weighted by Gasteiger charge is 2.25. The van der Waals surface area contributed by atoms with Crippen molar-refractivity contribution in [2.24, 2.45) is 0 Å². The fourth-order valence-electron chi connectivity index (χ4n) is 3.88. The van der Waals surface area contributed by atoms with Gasteiger partial charge in [-0.05, 0) is 43.7 Å². The quantitative estimate of drug-likeness (QED) is 0.714. The highest BCUT2D eigenvalue weighted by atomic mass is 19.1. The van der Waals surface area contributed by atoms with Crippen molar-refractivity contribution in [2.75, 3.05) is 22.9 Å². The molecule has 0 bridgehead atoms. The zero-order chi connectivity index (χ0) is 18.4. The molecule has 0 saturated carbocycles. The molecule has 3 aromatic rings. The molecule has 0 radical (unpaired) electrons. The van der Waals surface area contributed by atoms with E-state index in [0.29, 0.717) is 13.0 Å². The van der Waals surface area contributed by atoms with Crippen molar-refractivity contribution in [2.45, 2.75) is 32.7 Å². The van der Waals surface area contributed by atoms with E-state index in [-0.39, 0.29) is 0 Å². The Morgan fingerprint density at radius 2 is 2.11 bits per heavy atom. The second-order valence-corrected chi connectivity index (χ2v) is 7.21. The molecule has 5 rings (SSSR count). The summed E-state index contributed by atoms with van der Waals surface area (Å²) >= 11 is 0. The Kier molecular flexibility index (Phi) is 3.81. The summed E-state index contributed by atoms with van der Waals surface area (Å²) in [4.78, 5) is 13.2. The van der Waals surface area contributed by atoms with Gasteiger partial charge in [-0.25, -0.2) is 14.1 Å². The first-order chi connectivity index (χ1) is 13.2. The van der Waals surface area contributed by atoms with Crippen LogP contribution in [0.4, 0.5) is 15.9 Å². The topological polar surface area (TPSA) is 50.1 Å². The first kappa shape index (κ1) is 16.2. The number of alkyl halides is 1. The monoisotopic (exact) mass is 364 g/mol. The summed E-state index contributed by atoms with van der Waals surface area (Å²) in [5, 5.41) is 4.78. The molecule has 0 unspecified atom stereocenters. The third-order valence-electron chi connectivity index (χ3n) is 5.33. The fourth-order valence-corrected chi connectivity index (χ4v) is 3.88. The van der Waals surface area contributed by atoms with Gasteiger partial charge in [0.15, 0.2) is 0 Å². The molecule has 0 aliphatic carbocycles. The number of hydrogen-bond acceptors (Lipinski definition) is 5. The van der Waals surface area contributed by atoms with Crippen LogP contribution in [0.25, 0.3) is 11.3 Å². The van der Waals surface area contributed by atoms with Gasteiger partial charge in [-0.1, -0.05) is 0 Å². The normalized spacial score (nSPS) is 19.0. The van der Waals surface area contributed by atoms with Crippen LogP contribution in [0.15, 0.2) is 42.7 Å². The number of aromatic nitrogens is 4. The Hall–Kier alpha value is -2.96. The van der Waals surface area contributed by atoms with Crippen molar-refractivity contribution in [3.8, 4) is 11.3 Å². The minimum absolute atomic E-state index is 0.439. The van der Waals surface area contributed by atoms with Crippen LogP contribution in [0.3, 0.4) is 0 Å². The number of hydrogen-bond donors (Lipinski definition) is 0. The van der Waals surface area contributed by atoms with Crippen LogP contribution in [-0.2, 0) is 13.2 Å². The first-order valence-corrected chi connectivity index (χ1v) is 9.26. The van der Waals surface area contributed by atoms with Gasteiger partial charge in [0.25, 0.3) is 0 Å². The molecule has 1 atom stereocenters. The molecular formula is C20H21FN6. The second-order valence-electron chi connectivity index (χ2n) is 7.21. The van der Waals surface area contributed by atoms with Gasteiger partial charge in [0.2, 0.25) is 0 Å². The maximum absolute atomic E-state index is 13.5. The van der Waals surface area contributed by atoms with Crippen molar-refractivity contribution in [3.63, 3.8) is 0 Å². The average Bonchev–Trinajstić information content (AvgIpc) is 3.37. The predicted molar refractivity (Wildman–Crippen MR) is 102 cm³/mol. The predicted octanol–water partition coefficient (Wildman–Crippen LogP) is 3.17. The van der Waals surface area contributed by atoms with Crippen LogP contribution in [0.1, 0.15) is 17.8 Å². The summed E-state index contributed by atoms with van der Waals surface area (Å²) < 4.78 is 15.5. The van der Waals surface area contributed by atoms with E-state index in [1.165, 1.54) is 5.69 Å². The van der Waals surface area contributed by atoms with Crippen LogP contribution in [-0.4, -0.2) is 39.0 Å². The number of pyridine rings is 2. The molecule has 1 fully saturated rings. The summed E-state index contributed by atoms with van der Waals surface area (Å²) in [6.07, 6.45) is 3.50. The number of anilines is 2. The van der Waals surface area contributed by atoms with Crippen molar-refractivity contribution in [3.05, 3.63) is 54.1 Å². The lowest BCUT2D eigenvalue weighted by molar-refractivity contribution is 0.364. The fraction of sp³-hybridized carbons (Fsp3) is 0.350. The summed E-state index contributed by atoms with van der Waals surface area (Å²) in [6, 6.07) is 10.2. The van der Waals surface area contributed by atoms with Crippen LogP contribution >= 0.6 is 0 Å². The molecule has 0 spiro atoms.